The molecule has 3 rings (SSSR count). The second kappa shape index (κ2) is 8.62. The van der Waals surface area contributed by atoms with Gasteiger partial charge in [0.1, 0.15) is 5.75 Å². The SMILES string of the molecule is COc1cccc(-c2cn[nH]c2C2CCN(C(=O)CSC(C)C)CC2)c1. The van der Waals surface area contributed by atoms with E-state index >= 15 is 0 Å². The summed E-state index contributed by atoms with van der Waals surface area (Å²) in [7, 11) is 1.68. The van der Waals surface area contributed by atoms with Crippen LogP contribution in [0.4, 0.5) is 0 Å². The number of methoxy groups -OCH3 is 1. The highest BCUT2D eigenvalue weighted by atomic mass is 32.2. The van der Waals surface area contributed by atoms with Gasteiger partial charge in [-0.1, -0.05) is 26.0 Å². The molecule has 1 amide bonds. The summed E-state index contributed by atoms with van der Waals surface area (Å²) < 4.78 is 5.34. The Morgan fingerprint density at radius 2 is 2.15 bits per heavy atom. The van der Waals surface area contributed by atoms with Crippen molar-refractivity contribution in [2.75, 3.05) is 26.0 Å². The van der Waals surface area contributed by atoms with Gasteiger partial charge in [-0.05, 0) is 35.8 Å². The number of amides is 1. The predicted molar refractivity (Wildman–Crippen MR) is 107 cm³/mol. The molecule has 1 fully saturated rings. The number of thioether (sulfide) groups is 1. The lowest BCUT2D eigenvalue weighted by Crippen LogP contribution is -2.39. The molecule has 0 atom stereocenters. The van der Waals surface area contributed by atoms with Gasteiger partial charge in [0.05, 0.1) is 19.1 Å². The Kier molecular flexibility index (Phi) is 6.25. The van der Waals surface area contributed by atoms with Crippen LogP contribution >= 0.6 is 11.8 Å². The monoisotopic (exact) mass is 373 g/mol. The van der Waals surface area contributed by atoms with Crippen LogP contribution in [0.25, 0.3) is 11.1 Å². The molecule has 5 nitrogen and oxygen atoms in total. The van der Waals surface area contributed by atoms with Crippen molar-refractivity contribution in [3.8, 4) is 16.9 Å². The third-order valence-corrected chi connectivity index (χ3v) is 5.93. The summed E-state index contributed by atoms with van der Waals surface area (Å²) in [6.45, 7) is 5.89. The van der Waals surface area contributed by atoms with Gasteiger partial charge in [0.25, 0.3) is 0 Å². The first-order valence-electron chi connectivity index (χ1n) is 9.15. The summed E-state index contributed by atoms with van der Waals surface area (Å²) in [6, 6.07) is 8.07. The van der Waals surface area contributed by atoms with Crippen LogP contribution < -0.4 is 4.74 Å². The van der Waals surface area contributed by atoms with E-state index in [9.17, 15) is 4.79 Å². The van der Waals surface area contributed by atoms with Crippen molar-refractivity contribution in [3.63, 3.8) is 0 Å². The number of hydrogen-bond acceptors (Lipinski definition) is 4. The number of nitrogens with zero attached hydrogens (tertiary/aromatic N) is 2. The van der Waals surface area contributed by atoms with Crippen LogP contribution in [-0.4, -0.2) is 52.2 Å². The summed E-state index contributed by atoms with van der Waals surface area (Å²) in [4.78, 5) is 14.3. The molecule has 6 heteroatoms. The number of likely N-dealkylation sites (tertiary alicyclic amines) is 1. The van der Waals surface area contributed by atoms with E-state index in [0.717, 1.165) is 42.8 Å². The highest BCUT2D eigenvalue weighted by Crippen LogP contribution is 2.35. The molecule has 1 saturated heterocycles. The van der Waals surface area contributed by atoms with Gasteiger partial charge < -0.3 is 9.64 Å². The quantitative estimate of drug-likeness (QED) is 0.833. The predicted octanol–water partition coefficient (Wildman–Crippen LogP) is 3.93. The van der Waals surface area contributed by atoms with Crippen molar-refractivity contribution in [2.45, 2.75) is 37.9 Å². The van der Waals surface area contributed by atoms with Crippen molar-refractivity contribution in [1.82, 2.24) is 15.1 Å². The molecule has 2 aromatic rings. The van der Waals surface area contributed by atoms with E-state index in [1.807, 2.05) is 29.3 Å². The van der Waals surface area contributed by atoms with Gasteiger partial charge in [0, 0.05) is 30.3 Å². The maximum atomic E-state index is 12.3. The van der Waals surface area contributed by atoms with E-state index < -0.39 is 0 Å². The summed E-state index contributed by atoms with van der Waals surface area (Å²) in [5, 5.41) is 7.97. The normalized spacial score (nSPS) is 15.5. The Hall–Kier alpha value is -1.95. The summed E-state index contributed by atoms with van der Waals surface area (Å²) in [5.74, 6) is 2.10. The van der Waals surface area contributed by atoms with E-state index in [-0.39, 0.29) is 5.91 Å². The molecule has 0 saturated carbocycles. The summed E-state index contributed by atoms with van der Waals surface area (Å²) >= 11 is 1.72. The number of carbonyl (C=O) groups excluding carboxylic acids is 1. The van der Waals surface area contributed by atoms with Gasteiger partial charge in [0.2, 0.25) is 5.91 Å². The lowest BCUT2D eigenvalue weighted by molar-refractivity contribution is -0.129. The number of hydrogen-bond donors (Lipinski definition) is 1. The fourth-order valence-electron chi connectivity index (χ4n) is 3.37. The molecule has 140 valence electrons. The molecular formula is C20H27N3O2S. The highest BCUT2D eigenvalue weighted by Gasteiger charge is 2.26. The average molecular weight is 374 g/mol. The van der Waals surface area contributed by atoms with Crippen molar-refractivity contribution >= 4 is 17.7 Å². The molecule has 1 N–H and O–H groups in total. The zero-order valence-corrected chi connectivity index (χ0v) is 16.5. The number of benzene rings is 1. The smallest absolute Gasteiger partial charge is 0.232 e. The third kappa shape index (κ3) is 4.41. The Balaban J connectivity index is 1.65. The van der Waals surface area contributed by atoms with Crippen LogP contribution in [0.5, 0.6) is 5.75 Å². The first-order chi connectivity index (χ1) is 12.6. The number of H-pyrrole nitrogens is 1. The van der Waals surface area contributed by atoms with Gasteiger partial charge in [0.15, 0.2) is 0 Å². The molecule has 1 aromatic heterocycles. The molecule has 1 aliphatic rings. The molecule has 0 spiro atoms. The molecular weight excluding hydrogens is 346 g/mol. The van der Waals surface area contributed by atoms with E-state index in [2.05, 4.69) is 30.1 Å². The molecule has 1 aliphatic heterocycles. The van der Waals surface area contributed by atoms with Gasteiger partial charge in [-0.15, -0.1) is 11.8 Å². The van der Waals surface area contributed by atoms with Gasteiger partial charge >= 0.3 is 0 Å². The van der Waals surface area contributed by atoms with Crippen LogP contribution in [0.1, 0.15) is 38.3 Å². The van der Waals surface area contributed by atoms with Crippen molar-refractivity contribution in [2.24, 2.45) is 0 Å². The van der Waals surface area contributed by atoms with E-state index in [1.54, 1.807) is 18.9 Å². The fraction of sp³-hybridized carbons (Fsp3) is 0.500. The zero-order valence-electron chi connectivity index (χ0n) is 15.7. The molecule has 1 aromatic carbocycles. The first kappa shape index (κ1) is 18.8. The molecule has 2 heterocycles. The number of piperidine rings is 1. The second-order valence-corrected chi connectivity index (χ2v) is 8.51. The maximum Gasteiger partial charge on any atom is 0.232 e. The van der Waals surface area contributed by atoms with Crippen LogP contribution in [0.3, 0.4) is 0 Å². The Bertz CT molecular complexity index is 736. The van der Waals surface area contributed by atoms with E-state index in [4.69, 9.17) is 4.74 Å². The van der Waals surface area contributed by atoms with Gasteiger partial charge in [-0.2, -0.15) is 5.10 Å². The fourth-order valence-corrected chi connectivity index (χ4v) is 4.03. The topological polar surface area (TPSA) is 58.2 Å². The van der Waals surface area contributed by atoms with Crippen molar-refractivity contribution in [3.05, 3.63) is 36.2 Å². The van der Waals surface area contributed by atoms with Crippen molar-refractivity contribution < 1.29 is 9.53 Å². The zero-order chi connectivity index (χ0) is 18.5. The minimum atomic E-state index is 0.264. The molecule has 0 radical (unpaired) electrons. The molecule has 26 heavy (non-hydrogen) atoms. The van der Waals surface area contributed by atoms with E-state index in [0.29, 0.717) is 16.9 Å². The maximum absolute atomic E-state index is 12.3. The minimum absolute atomic E-state index is 0.264. The Labute approximate surface area is 159 Å². The Morgan fingerprint density at radius 3 is 2.85 bits per heavy atom. The largest absolute Gasteiger partial charge is 0.497 e. The molecule has 0 bridgehead atoms. The van der Waals surface area contributed by atoms with Crippen LogP contribution in [0.2, 0.25) is 0 Å². The number of nitrogens with one attached hydrogen (secondary N) is 1. The number of aromatic amines is 1. The van der Waals surface area contributed by atoms with Crippen LogP contribution in [-0.2, 0) is 4.79 Å². The van der Waals surface area contributed by atoms with Crippen molar-refractivity contribution in [1.29, 1.82) is 0 Å². The summed E-state index contributed by atoms with van der Waals surface area (Å²) in [5.41, 5.74) is 3.41. The van der Waals surface area contributed by atoms with Crippen LogP contribution in [0, 0.1) is 0 Å². The van der Waals surface area contributed by atoms with Gasteiger partial charge in [-0.25, -0.2) is 0 Å². The molecule has 0 unspecified atom stereocenters. The summed E-state index contributed by atoms with van der Waals surface area (Å²) in [6.07, 6.45) is 3.83. The Morgan fingerprint density at radius 1 is 1.38 bits per heavy atom. The standard InChI is InChI=1S/C20H27N3O2S/c1-14(2)26-13-19(24)23-9-7-15(8-10-23)20-18(12-21-22-20)16-5-4-6-17(11-16)25-3/h4-6,11-12,14-15H,7-10,13H2,1-3H3,(H,21,22). The number of aromatic nitrogens is 2. The third-order valence-electron chi connectivity index (χ3n) is 4.85. The second-order valence-electron chi connectivity index (χ2n) is 6.94. The van der Waals surface area contributed by atoms with Crippen LogP contribution in [0.15, 0.2) is 30.5 Å². The lowest BCUT2D eigenvalue weighted by Gasteiger charge is -2.32. The number of ether oxygens (including phenoxy) is 1. The minimum Gasteiger partial charge on any atom is -0.497 e. The van der Waals surface area contributed by atoms with Gasteiger partial charge in [-0.3, -0.25) is 9.89 Å². The number of rotatable bonds is 6. The first-order valence-corrected chi connectivity index (χ1v) is 10.2. The number of carbonyl (C=O) groups is 1. The van der Waals surface area contributed by atoms with E-state index in [1.165, 1.54) is 5.69 Å². The lowest BCUT2D eigenvalue weighted by atomic mass is 9.89. The average Bonchev–Trinajstić information content (AvgIpc) is 3.16. The molecule has 0 aliphatic carbocycles. The highest BCUT2D eigenvalue weighted by molar-refractivity contribution is 8.00.